The van der Waals surface area contributed by atoms with Gasteiger partial charge in [0.1, 0.15) is 0 Å². The minimum Gasteiger partial charge on any atom is -0.346 e. The molecule has 1 unspecified atom stereocenters. The number of aromatic nitrogens is 4. The summed E-state index contributed by atoms with van der Waals surface area (Å²) in [5.74, 6) is 1.08. The summed E-state index contributed by atoms with van der Waals surface area (Å²) in [6, 6.07) is 0.403. The normalized spacial score (nSPS) is 19.2. The Bertz CT molecular complexity index is 411. The van der Waals surface area contributed by atoms with E-state index in [1.807, 2.05) is 6.92 Å². The molecule has 7 nitrogen and oxygen atoms in total. The molecule has 1 aromatic heterocycles. The van der Waals surface area contributed by atoms with Crippen molar-refractivity contribution in [3.63, 3.8) is 0 Å². The third-order valence-electron chi connectivity index (χ3n) is 3.98. The first-order valence-electron chi connectivity index (χ1n) is 7.33. The number of aromatic amines is 1. The highest BCUT2D eigenvalue weighted by Gasteiger charge is 2.23. The van der Waals surface area contributed by atoms with Gasteiger partial charge in [0.2, 0.25) is 5.91 Å². The molecule has 1 saturated heterocycles. The molecular weight excluding hydrogens is 256 g/mol. The first kappa shape index (κ1) is 14.9. The molecule has 2 rings (SSSR count). The van der Waals surface area contributed by atoms with Gasteiger partial charge in [0, 0.05) is 12.5 Å². The molecule has 1 amide bonds. The number of hydrogen-bond acceptors (Lipinski definition) is 5. The van der Waals surface area contributed by atoms with Gasteiger partial charge in [0.15, 0.2) is 5.82 Å². The van der Waals surface area contributed by atoms with Gasteiger partial charge in [-0.15, -0.1) is 10.2 Å². The van der Waals surface area contributed by atoms with Crippen LogP contribution in [-0.4, -0.2) is 50.6 Å². The third kappa shape index (κ3) is 4.00. The largest absolute Gasteiger partial charge is 0.346 e. The van der Waals surface area contributed by atoms with Crippen LogP contribution in [0.4, 0.5) is 0 Å². The lowest BCUT2D eigenvalue weighted by molar-refractivity contribution is -0.123. The lowest BCUT2D eigenvalue weighted by atomic mass is 9.92. The van der Waals surface area contributed by atoms with E-state index < -0.39 is 0 Å². The Morgan fingerprint density at radius 2 is 2.10 bits per heavy atom. The second kappa shape index (κ2) is 6.78. The van der Waals surface area contributed by atoms with E-state index in [0.717, 1.165) is 25.9 Å². The molecule has 0 bridgehead atoms. The SMILES string of the molecule is CC(NC(=O)CC1CCN(C(C)C)CC1)c1nn[nH]n1. The standard InChI is InChI=1S/C13H24N6O/c1-9(2)19-6-4-11(5-7-19)8-12(20)14-10(3)13-15-17-18-16-13/h9-11H,4-8H2,1-3H3,(H,14,20)(H,15,16,17,18). The van der Waals surface area contributed by atoms with Gasteiger partial charge in [0.25, 0.3) is 0 Å². The highest BCUT2D eigenvalue weighted by molar-refractivity contribution is 5.76. The highest BCUT2D eigenvalue weighted by Crippen LogP contribution is 2.22. The Hall–Kier alpha value is -1.50. The zero-order chi connectivity index (χ0) is 14.5. The summed E-state index contributed by atoms with van der Waals surface area (Å²) in [4.78, 5) is 14.5. The topological polar surface area (TPSA) is 86.8 Å². The van der Waals surface area contributed by atoms with Gasteiger partial charge in [-0.1, -0.05) is 5.21 Å². The average molecular weight is 280 g/mol. The van der Waals surface area contributed by atoms with Crippen LogP contribution in [0, 0.1) is 5.92 Å². The number of H-pyrrole nitrogens is 1. The number of nitrogens with one attached hydrogen (secondary N) is 2. The second-order valence-corrected chi connectivity index (χ2v) is 5.84. The molecule has 2 heterocycles. The van der Waals surface area contributed by atoms with Gasteiger partial charge in [-0.25, -0.2) is 0 Å². The number of nitrogens with zero attached hydrogens (tertiary/aromatic N) is 4. The van der Waals surface area contributed by atoms with Crippen LogP contribution in [0.1, 0.15) is 51.9 Å². The fourth-order valence-electron chi connectivity index (χ4n) is 2.65. The quantitative estimate of drug-likeness (QED) is 0.836. The predicted octanol–water partition coefficient (Wildman–Crippen LogP) is 0.887. The smallest absolute Gasteiger partial charge is 0.220 e. The number of piperidine rings is 1. The van der Waals surface area contributed by atoms with Gasteiger partial charge >= 0.3 is 0 Å². The van der Waals surface area contributed by atoms with Crippen molar-refractivity contribution in [1.82, 2.24) is 30.8 Å². The molecule has 0 spiro atoms. The fourth-order valence-corrected chi connectivity index (χ4v) is 2.65. The monoisotopic (exact) mass is 280 g/mol. The van der Waals surface area contributed by atoms with Gasteiger partial charge in [-0.3, -0.25) is 4.79 Å². The summed E-state index contributed by atoms with van der Waals surface area (Å²) in [6.07, 6.45) is 2.79. The van der Waals surface area contributed by atoms with E-state index in [1.54, 1.807) is 0 Å². The molecule has 7 heteroatoms. The van der Waals surface area contributed by atoms with Gasteiger partial charge < -0.3 is 10.2 Å². The molecule has 112 valence electrons. The molecule has 20 heavy (non-hydrogen) atoms. The van der Waals surface area contributed by atoms with Crippen molar-refractivity contribution in [1.29, 1.82) is 0 Å². The molecule has 0 saturated carbocycles. The van der Waals surface area contributed by atoms with Crippen LogP contribution >= 0.6 is 0 Å². The number of carbonyl (C=O) groups is 1. The van der Waals surface area contributed by atoms with Crippen LogP contribution < -0.4 is 5.32 Å². The molecule has 0 aromatic carbocycles. The summed E-state index contributed by atoms with van der Waals surface area (Å²) in [6.45, 7) is 8.50. The maximum Gasteiger partial charge on any atom is 0.220 e. The van der Waals surface area contributed by atoms with E-state index in [4.69, 9.17) is 0 Å². The Morgan fingerprint density at radius 1 is 1.40 bits per heavy atom. The van der Waals surface area contributed by atoms with Gasteiger partial charge in [-0.05, 0) is 52.6 Å². The first-order chi connectivity index (χ1) is 9.56. The number of hydrogen-bond donors (Lipinski definition) is 2. The van der Waals surface area contributed by atoms with Crippen LogP contribution in [-0.2, 0) is 4.79 Å². The molecule has 1 fully saturated rings. The van der Waals surface area contributed by atoms with Gasteiger partial charge in [-0.2, -0.15) is 5.21 Å². The molecule has 2 N–H and O–H groups in total. The minimum absolute atomic E-state index is 0.0743. The van der Waals surface area contributed by atoms with E-state index in [-0.39, 0.29) is 11.9 Å². The molecule has 1 aliphatic heterocycles. The zero-order valence-electron chi connectivity index (χ0n) is 12.5. The minimum atomic E-state index is -0.197. The zero-order valence-corrected chi connectivity index (χ0v) is 12.5. The molecule has 0 aliphatic carbocycles. The van der Waals surface area contributed by atoms with Crippen molar-refractivity contribution < 1.29 is 4.79 Å². The van der Waals surface area contributed by atoms with E-state index in [1.165, 1.54) is 0 Å². The number of amides is 1. The Morgan fingerprint density at radius 3 is 2.65 bits per heavy atom. The van der Waals surface area contributed by atoms with Crippen LogP contribution in [0.2, 0.25) is 0 Å². The average Bonchev–Trinajstić information content (AvgIpc) is 2.93. The third-order valence-corrected chi connectivity index (χ3v) is 3.98. The first-order valence-corrected chi connectivity index (χ1v) is 7.33. The van der Waals surface area contributed by atoms with Crippen LogP contribution in [0.15, 0.2) is 0 Å². The van der Waals surface area contributed by atoms with E-state index in [9.17, 15) is 4.79 Å². The molecule has 1 atom stereocenters. The van der Waals surface area contributed by atoms with Crippen molar-refractivity contribution in [3.8, 4) is 0 Å². The van der Waals surface area contributed by atoms with E-state index in [2.05, 4.69) is 44.7 Å². The van der Waals surface area contributed by atoms with Crippen molar-refractivity contribution >= 4 is 5.91 Å². The lowest BCUT2D eigenvalue weighted by Gasteiger charge is -2.34. The van der Waals surface area contributed by atoms with Crippen molar-refractivity contribution in [2.75, 3.05) is 13.1 Å². The van der Waals surface area contributed by atoms with Gasteiger partial charge in [0.05, 0.1) is 6.04 Å². The van der Waals surface area contributed by atoms with Crippen molar-refractivity contribution in [2.45, 2.75) is 52.1 Å². The van der Waals surface area contributed by atoms with E-state index in [0.29, 0.717) is 24.2 Å². The number of rotatable bonds is 5. The van der Waals surface area contributed by atoms with E-state index >= 15 is 0 Å². The maximum atomic E-state index is 12.0. The Labute approximate surface area is 119 Å². The fraction of sp³-hybridized carbons (Fsp3) is 0.846. The highest BCUT2D eigenvalue weighted by atomic mass is 16.1. The summed E-state index contributed by atoms with van der Waals surface area (Å²) < 4.78 is 0. The number of tetrazole rings is 1. The molecular formula is C13H24N6O. The van der Waals surface area contributed by atoms with Crippen LogP contribution in [0.5, 0.6) is 0 Å². The number of likely N-dealkylation sites (tertiary alicyclic amines) is 1. The lowest BCUT2D eigenvalue weighted by Crippen LogP contribution is -2.39. The molecule has 1 aliphatic rings. The number of carbonyl (C=O) groups excluding carboxylic acids is 1. The maximum absolute atomic E-state index is 12.0. The van der Waals surface area contributed by atoms with Crippen molar-refractivity contribution in [2.24, 2.45) is 5.92 Å². The molecule has 0 radical (unpaired) electrons. The Balaban J connectivity index is 1.73. The summed E-state index contributed by atoms with van der Waals surface area (Å²) in [5.41, 5.74) is 0. The molecule has 1 aromatic rings. The Kier molecular flexibility index (Phi) is 5.05. The summed E-state index contributed by atoms with van der Waals surface area (Å²) >= 11 is 0. The summed E-state index contributed by atoms with van der Waals surface area (Å²) in [5, 5.41) is 16.6. The second-order valence-electron chi connectivity index (χ2n) is 5.84. The van der Waals surface area contributed by atoms with Crippen molar-refractivity contribution in [3.05, 3.63) is 5.82 Å². The van der Waals surface area contributed by atoms with Crippen LogP contribution in [0.25, 0.3) is 0 Å². The van der Waals surface area contributed by atoms with Crippen LogP contribution in [0.3, 0.4) is 0 Å². The predicted molar refractivity (Wildman–Crippen MR) is 74.8 cm³/mol. The summed E-state index contributed by atoms with van der Waals surface area (Å²) in [7, 11) is 0.